The van der Waals surface area contributed by atoms with Gasteiger partial charge in [0.2, 0.25) is 5.91 Å². The van der Waals surface area contributed by atoms with Crippen LogP contribution in [0.5, 0.6) is 0 Å². The molecule has 2 saturated heterocycles. The fourth-order valence-electron chi connectivity index (χ4n) is 3.82. The minimum atomic E-state index is -0.582. The Bertz CT molecular complexity index is 688. The molecule has 1 N–H and O–H groups in total. The molecule has 1 atom stereocenters. The lowest BCUT2D eigenvalue weighted by Gasteiger charge is -2.36. The van der Waals surface area contributed by atoms with Gasteiger partial charge < -0.3 is 20.0 Å². The van der Waals surface area contributed by atoms with Gasteiger partial charge in [0, 0.05) is 31.9 Å². The molecule has 2 aliphatic heterocycles. The van der Waals surface area contributed by atoms with Crippen LogP contribution in [0.3, 0.4) is 0 Å². The van der Waals surface area contributed by atoms with Gasteiger partial charge in [-0.25, -0.2) is 0 Å². The van der Waals surface area contributed by atoms with Crippen LogP contribution >= 0.6 is 0 Å². The number of hydrogen-bond acceptors (Lipinski definition) is 5. The minimum absolute atomic E-state index is 0.0567. The van der Waals surface area contributed by atoms with Crippen molar-refractivity contribution in [2.24, 2.45) is 0 Å². The van der Waals surface area contributed by atoms with Gasteiger partial charge in [0.1, 0.15) is 6.54 Å². The predicted molar refractivity (Wildman–Crippen MR) is 104 cm³/mol. The zero-order valence-electron chi connectivity index (χ0n) is 16.5. The average Bonchev–Trinajstić information content (AvgIpc) is 3.00. The number of carbonyl (C=O) groups is 3. The summed E-state index contributed by atoms with van der Waals surface area (Å²) in [7, 11) is 0. The van der Waals surface area contributed by atoms with Crippen LogP contribution in [0.2, 0.25) is 0 Å². The maximum absolute atomic E-state index is 13.2. The molecule has 3 amide bonds. The van der Waals surface area contributed by atoms with Crippen molar-refractivity contribution in [2.75, 3.05) is 39.3 Å². The molecule has 8 heteroatoms. The van der Waals surface area contributed by atoms with Crippen molar-refractivity contribution >= 4 is 17.7 Å². The molecular weight excluding hydrogens is 358 g/mol. The van der Waals surface area contributed by atoms with Crippen LogP contribution in [0, 0.1) is 0 Å². The Morgan fingerprint density at radius 3 is 2.71 bits per heavy atom. The number of rotatable bonds is 6. The van der Waals surface area contributed by atoms with Gasteiger partial charge in [-0.3, -0.25) is 19.4 Å². The van der Waals surface area contributed by atoms with E-state index in [4.69, 9.17) is 0 Å². The van der Waals surface area contributed by atoms with Crippen LogP contribution in [0.1, 0.15) is 31.9 Å². The van der Waals surface area contributed by atoms with Crippen molar-refractivity contribution in [1.82, 2.24) is 25.0 Å². The van der Waals surface area contributed by atoms with Crippen molar-refractivity contribution < 1.29 is 14.4 Å². The van der Waals surface area contributed by atoms with Gasteiger partial charge in [-0.1, -0.05) is 6.07 Å². The second-order valence-electron chi connectivity index (χ2n) is 7.29. The molecular formula is C20H29N5O3. The highest BCUT2D eigenvalue weighted by molar-refractivity contribution is 6.35. The Morgan fingerprint density at radius 1 is 1.18 bits per heavy atom. The highest BCUT2D eigenvalue weighted by atomic mass is 16.2. The topological polar surface area (TPSA) is 85.8 Å². The summed E-state index contributed by atoms with van der Waals surface area (Å²) >= 11 is 0. The Kier molecular flexibility index (Phi) is 6.97. The number of nitrogens with one attached hydrogen (secondary N) is 1. The van der Waals surface area contributed by atoms with E-state index in [-0.39, 0.29) is 18.5 Å². The average molecular weight is 387 g/mol. The molecule has 1 unspecified atom stereocenters. The molecule has 152 valence electrons. The maximum Gasteiger partial charge on any atom is 0.312 e. The van der Waals surface area contributed by atoms with Crippen LogP contribution in [0.25, 0.3) is 0 Å². The van der Waals surface area contributed by atoms with E-state index in [1.54, 1.807) is 6.20 Å². The summed E-state index contributed by atoms with van der Waals surface area (Å²) in [5.74, 6) is -1.22. The molecule has 2 fully saturated rings. The van der Waals surface area contributed by atoms with Crippen molar-refractivity contribution in [3.63, 3.8) is 0 Å². The van der Waals surface area contributed by atoms with E-state index in [9.17, 15) is 14.4 Å². The van der Waals surface area contributed by atoms with E-state index in [1.807, 2.05) is 30.0 Å². The van der Waals surface area contributed by atoms with Crippen molar-refractivity contribution in [2.45, 2.75) is 38.8 Å². The van der Waals surface area contributed by atoms with Gasteiger partial charge in [0.25, 0.3) is 0 Å². The summed E-state index contributed by atoms with van der Waals surface area (Å²) in [6.45, 7) is 5.40. The Labute approximate surface area is 165 Å². The van der Waals surface area contributed by atoms with Crippen molar-refractivity contribution in [1.29, 1.82) is 0 Å². The lowest BCUT2D eigenvalue weighted by molar-refractivity contribution is -0.158. The summed E-state index contributed by atoms with van der Waals surface area (Å²) < 4.78 is 0. The number of amides is 3. The SMILES string of the molecule is CCN1CCN(CC(=O)N(Cc2ccccn2)C2CCCNCC2)C(=O)C1=O. The van der Waals surface area contributed by atoms with Gasteiger partial charge in [-0.15, -0.1) is 0 Å². The van der Waals surface area contributed by atoms with Gasteiger partial charge >= 0.3 is 11.8 Å². The third-order valence-electron chi connectivity index (χ3n) is 5.47. The van der Waals surface area contributed by atoms with Crippen LogP contribution in [-0.4, -0.2) is 82.7 Å². The summed E-state index contributed by atoms with van der Waals surface area (Å²) in [5, 5.41) is 3.37. The summed E-state index contributed by atoms with van der Waals surface area (Å²) in [4.78, 5) is 46.8. The van der Waals surface area contributed by atoms with E-state index in [2.05, 4.69) is 10.3 Å². The lowest BCUT2D eigenvalue weighted by Crippen LogP contribution is -2.57. The molecule has 1 aromatic heterocycles. The molecule has 0 aromatic carbocycles. The van der Waals surface area contributed by atoms with Crippen molar-refractivity contribution in [3.8, 4) is 0 Å². The third-order valence-corrected chi connectivity index (χ3v) is 5.47. The molecule has 28 heavy (non-hydrogen) atoms. The zero-order valence-corrected chi connectivity index (χ0v) is 16.5. The first-order valence-electron chi connectivity index (χ1n) is 10.1. The highest BCUT2D eigenvalue weighted by Crippen LogP contribution is 2.17. The summed E-state index contributed by atoms with van der Waals surface area (Å²) in [5.41, 5.74) is 0.825. The number of carbonyl (C=O) groups excluding carboxylic acids is 3. The van der Waals surface area contributed by atoms with Gasteiger partial charge in [-0.05, 0) is 51.4 Å². The number of pyridine rings is 1. The Morgan fingerprint density at radius 2 is 1.96 bits per heavy atom. The smallest absolute Gasteiger partial charge is 0.312 e. The minimum Gasteiger partial charge on any atom is -0.333 e. The first-order valence-corrected chi connectivity index (χ1v) is 10.1. The van der Waals surface area contributed by atoms with Crippen LogP contribution in [-0.2, 0) is 20.9 Å². The van der Waals surface area contributed by atoms with Crippen molar-refractivity contribution in [3.05, 3.63) is 30.1 Å². The Balaban J connectivity index is 1.72. The van der Waals surface area contributed by atoms with E-state index in [1.165, 1.54) is 9.80 Å². The standard InChI is InChI=1S/C20H29N5O3/c1-2-23-12-13-24(20(28)19(23)27)15-18(26)25(14-16-6-3-4-10-22-16)17-7-5-9-21-11-8-17/h3-4,6,10,17,21H,2,5,7-9,11-15H2,1H3. The van der Waals surface area contributed by atoms with E-state index >= 15 is 0 Å². The molecule has 0 aliphatic carbocycles. The molecule has 0 bridgehead atoms. The second kappa shape index (κ2) is 9.64. The molecule has 3 heterocycles. The highest BCUT2D eigenvalue weighted by Gasteiger charge is 2.34. The molecule has 2 aliphatic rings. The molecule has 0 saturated carbocycles. The quantitative estimate of drug-likeness (QED) is 0.707. The molecule has 1 aromatic rings. The lowest BCUT2D eigenvalue weighted by atomic mass is 10.1. The predicted octanol–water partition coefficient (Wildman–Crippen LogP) is 0.243. The van der Waals surface area contributed by atoms with E-state index in [0.717, 1.165) is 38.0 Å². The number of likely N-dealkylation sites (N-methyl/N-ethyl adjacent to an activating group) is 1. The van der Waals surface area contributed by atoms with Gasteiger partial charge in [-0.2, -0.15) is 0 Å². The summed E-state index contributed by atoms with van der Waals surface area (Å²) in [6, 6.07) is 5.77. The summed E-state index contributed by atoms with van der Waals surface area (Å²) in [6.07, 6.45) is 4.51. The first-order chi connectivity index (χ1) is 13.6. The largest absolute Gasteiger partial charge is 0.333 e. The number of nitrogens with zero attached hydrogens (tertiary/aromatic N) is 4. The van der Waals surface area contributed by atoms with Crippen LogP contribution in [0.4, 0.5) is 0 Å². The van der Waals surface area contributed by atoms with Crippen LogP contribution in [0.15, 0.2) is 24.4 Å². The first kappa shape index (κ1) is 20.3. The number of hydrogen-bond donors (Lipinski definition) is 1. The monoisotopic (exact) mass is 387 g/mol. The third kappa shape index (κ3) is 4.86. The molecule has 3 rings (SSSR count). The Hall–Kier alpha value is -2.48. The fraction of sp³-hybridized carbons (Fsp3) is 0.600. The molecule has 8 nitrogen and oxygen atoms in total. The second-order valence-corrected chi connectivity index (χ2v) is 7.29. The zero-order chi connectivity index (χ0) is 19.9. The normalized spacial score (nSPS) is 20.8. The van der Waals surface area contributed by atoms with Gasteiger partial charge in [0.05, 0.1) is 12.2 Å². The number of aromatic nitrogens is 1. The van der Waals surface area contributed by atoms with Crippen LogP contribution < -0.4 is 5.32 Å². The number of piperazine rings is 1. The molecule has 0 spiro atoms. The van der Waals surface area contributed by atoms with E-state index < -0.39 is 11.8 Å². The molecule has 0 radical (unpaired) electrons. The fourth-order valence-corrected chi connectivity index (χ4v) is 3.82. The maximum atomic E-state index is 13.2. The van der Waals surface area contributed by atoms with Gasteiger partial charge in [0.15, 0.2) is 0 Å². The van der Waals surface area contributed by atoms with E-state index in [0.29, 0.717) is 26.2 Å².